The van der Waals surface area contributed by atoms with Crippen molar-refractivity contribution in [1.82, 2.24) is 4.90 Å². The smallest absolute Gasteiger partial charge is 0.247 e. The molecule has 1 aliphatic rings. The standard InChI is InChI=1S/C18H19NO2/c1-14-9-10-16(21-14)11-12-18(20)19-13-5-8-17(19)15-6-3-2-4-7-15/h2-4,6-7,9-12,17H,5,8,13H2,1H3/b12-11+. The molecule has 1 amide bonds. The maximum Gasteiger partial charge on any atom is 0.247 e. The van der Waals surface area contributed by atoms with Gasteiger partial charge in [0.1, 0.15) is 11.5 Å². The third-order valence-electron chi connectivity index (χ3n) is 3.87. The minimum absolute atomic E-state index is 0.0513. The van der Waals surface area contributed by atoms with E-state index < -0.39 is 0 Å². The van der Waals surface area contributed by atoms with E-state index in [4.69, 9.17) is 4.42 Å². The van der Waals surface area contributed by atoms with Crippen LogP contribution in [0, 0.1) is 6.92 Å². The first kappa shape index (κ1) is 13.7. The number of carbonyl (C=O) groups excluding carboxylic acids is 1. The van der Waals surface area contributed by atoms with Gasteiger partial charge in [-0.3, -0.25) is 4.79 Å². The van der Waals surface area contributed by atoms with Crippen LogP contribution in [0.3, 0.4) is 0 Å². The number of likely N-dealkylation sites (tertiary alicyclic amines) is 1. The lowest BCUT2D eigenvalue weighted by molar-refractivity contribution is -0.126. The molecule has 1 saturated heterocycles. The number of benzene rings is 1. The van der Waals surface area contributed by atoms with E-state index in [0.717, 1.165) is 30.9 Å². The van der Waals surface area contributed by atoms with Gasteiger partial charge in [0.2, 0.25) is 5.91 Å². The van der Waals surface area contributed by atoms with E-state index in [0.29, 0.717) is 0 Å². The molecule has 0 N–H and O–H groups in total. The van der Waals surface area contributed by atoms with Gasteiger partial charge in [-0.1, -0.05) is 30.3 Å². The summed E-state index contributed by atoms with van der Waals surface area (Å²) in [6, 6.07) is 14.2. The Morgan fingerprint density at radius 3 is 2.76 bits per heavy atom. The largest absolute Gasteiger partial charge is 0.462 e. The van der Waals surface area contributed by atoms with Gasteiger partial charge in [-0.15, -0.1) is 0 Å². The van der Waals surface area contributed by atoms with Crippen molar-refractivity contribution in [2.45, 2.75) is 25.8 Å². The van der Waals surface area contributed by atoms with Crippen LogP contribution in [0.25, 0.3) is 6.08 Å². The predicted octanol–water partition coefficient (Wildman–Crippen LogP) is 3.96. The highest BCUT2D eigenvalue weighted by Gasteiger charge is 2.28. The number of aryl methyl sites for hydroxylation is 1. The lowest BCUT2D eigenvalue weighted by Crippen LogP contribution is -2.28. The normalized spacial score (nSPS) is 18.5. The number of furan rings is 1. The quantitative estimate of drug-likeness (QED) is 0.798. The molecule has 1 aromatic carbocycles. The number of rotatable bonds is 3. The Kier molecular flexibility index (Phi) is 3.91. The summed E-state index contributed by atoms with van der Waals surface area (Å²) in [6.45, 7) is 2.71. The zero-order valence-electron chi connectivity index (χ0n) is 12.2. The fourth-order valence-electron chi connectivity index (χ4n) is 2.84. The van der Waals surface area contributed by atoms with Crippen molar-refractivity contribution in [2.24, 2.45) is 0 Å². The first-order valence-electron chi connectivity index (χ1n) is 7.34. The summed E-state index contributed by atoms with van der Waals surface area (Å²) in [5.74, 6) is 1.62. The van der Waals surface area contributed by atoms with E-state index in [1.165, 1.54) is 5.56 Å². The maximum absolute atomic E-state index is 12.4. The van der Waals surface area contributed by atoms with Crippen molar-refractivity contribution in [3.05, 3.63) is 65.6 Å². The molecule has 1 atom stereocenters. The molecule has 0 radical (unpaired) electrons. The van der Waals surface area contributed by atoms with Gasteiger partial charge in [0.15, 0.2) is 0 Å². The molecule has 2 heterocycles. The van der Waals surface area contributed by atoms with Gasteiger partial charge in [0, 0.05) is 12.6 Å². The summed E-state index contributed by atoms with van der Waals surface area (Å²) in [5, 5.41) is 0. The molecule has 2 aromatic rings. The monoisotopic (exact) mass is 281 g/mol. The first-order valence-corrected chi connectivity index (χ1v) is 7.34. The van der Waals surface area contributed by atoms with Gasteiger partial charge in [-0.2, -0.15) is 0 Å². The molecule has 0 saturated carbocycles. The Balaban J connectivity index is 1.73. The van der Waals surface area contributed by atoms with Crippen LogP contribution in [0.5, 0.6) is 0 Å². The van der Waals surface area contributed by atoms with E-state index >= 15 is 0 Å². The molecule has 21 heavy (non-hydrogen) atoms. The maximum atomic E-state index is 12.4. The lowest BCUT2D eigenvalue weighted by Gasteiger charge is -2.23. The van der Waals surface area contributed by atoms with Crippen molar-refractivity contribution < 1.29 is 9.21 Å². The summed E-state index contributed by atoms with van der Waals surface area (Å²) in [7, 11) is 0. The van der Waals surface area contributed by atoms with E-state index in [1.807, 2.05) is 42.2 Å². The van der Waals surface area contributed by atoms with Gasteiger partial charge in [0.25, 0.3) is 0 Å². The molecule has 1 fully saturated rings. The van der Waals surface area contributed by atoms with Gasteiger partial charge in [-0.05, 0) is 43.5 Å². The van der Waals surface area contributed by atoms with Gasteiger partial charge in [0.05, 0.1) is 6.04 Å². The zero-order chi connectivity index (χ0) is 14.7. The number of hydrogen-bond acceptors (Lipinski definition) is 2. The highest BCUT2D eigenvalue weighted by Crippen LogP contribution is 2.31. The number of nitrogens with zero attached hydrogens (tertiary/aromatic N) is 1. The van der Waals surface area contributed by atoms with Crippen molar-refractivity contribution in [3.63, 3.8) is 0 Å². The number of amides is 1. The average Bonchev–Trinajstić information content (AvgIpc) is 3.14. The fraction of sp³-hybridized carbons (Fsp3) is 0.278. The first-order chi connectivity index (χ1) is 10.2. The second kappa shape index (κ2) is 6.00. The molecule has 3 heteroatoms. The molecule has 1 aromatic heterocycles. The molecule has 0 spiro atoms. The summed E-state index contributed by atoms with van der Waals surface area (Å²) in [4.78, 5) is 14.4. The van der Waals surface area contributed by atoms with E-state index in [2.05, 4.69) is 12.1 Å². The van der Waals surface area contributed by atoms with Gasteiger partial charge in [-0.25, -0.2) is 0 Å². The summed E-state index contributed by atoms with van der Waals surface area (Å²) < 4.78 is 5.45. The SMILES string of the molecule is Cc1ccc(/C=C/C(=O)N2CCCC2c2ccccc2)o1. The predicted molar refractivity (Wildman–Crippen MR) is 82.6 cm³/mol. The van der Waals surface area contributed by atoms with Gasteiger partial charge >= 0.3 is 0 Å². The summed E-state index contributed by atoms with van der Waals surface area (Å²) in [5.41, 5.74) is 1.21. The Labute approximate surface area is 124 Å². The van der Waals surface area contributed by atoms with Crippen molar-refractivity contribution in [2.75, 3.05) is 6.54 Å². The summed E-state index contributed by atoms with van der Waals surface area (Å²) in [6.07, 6.45) is 5.44. The second-order valence-electron chi connectivity index (χ2n) is 5.38. The summed E-state index contributed by atoms with van der Waals surface area (Å²) >= 11 is 0. The Hall–Kier alpha value is -2.29. The van der Waals surface area contributed by atoms with Crippen LogP contribution >= 0.6 is 0 Å². The zero-order valence-corrected chi connectivity index (χ0v) is 12.2. The third kappa shape index (κ3) is 3.07. The van der Waals surface area contributed by atoms with Gasteiger partial charge < -0.3 is 9.32 Å². The highest BCUT2D eigenvalue weighted by molar-refractivity contribution is 5.91. The molecular weight excluding hydrogens is 262 g/mol. The number of carbonyl (C=O) groups is 1. The van der Waals surface area contributed by atoms with E-state index in [9.17, 15) is 4.79 Å². The van der Waals surface area contributed by atoms with Crippen LogP contribution in [-0.4, -0.2) is 17.4 Å². The van der Waals surface area contributed by atoms with Crippen LogP contribution in [0.2, 0.25) is 0 Å². The Morgan fingerprint density at radius 1 is 1.24 bits per heavy atom. The highest BCUT2D eigenvalue weighted by atomic mass is 16.3. The molecule has 0 bridgehead atoms. The lowest BCUT2D eigenvalue weighted by atomic mass is 10.0. The average molecular weight is 281 g/mol. The van der Waals surface area contributed by atoms with Crippen LogP contribution < -0.4 is 0 Å². The fourth-order valence-corrected chi connectivity index (χ4v) is 2.84. The molecule has 3 rings (SSSR count). The molecule has 1 unspecified atom stereocenters. The van der Waals surface area contributed by atoms with Crippen LogP contribution in [0.4, 0.5) is 0 Å². The van der Waals surface area contributed by atoms with Crippen LogP contribution in [-0.2, 0) is 4.79 Å². The molecule has 108 valence electrons. The van der Waals surface area contributed by atoms with Crippen LogP contribution in [0.15, 0.2) is 53.0 Å². The molecule has 1 aliphatic heterocycles. The number of hydrogen-bond donors (Lipinski definition) is 0. The topological polar surface area (TPSA) is 33.5 Å². The van der Waals surface area contributed by atoms with Crippen molar-refractivity contribution in [1.29, 1.82) is 0 Å². The minimum atomic E-state index is 0.0513. The minimum Gasteiger partial charge on any atom is -0.462 e. The van der Waals surface area contributed by atoms with Crippen LogP contribution in [0.1, 0.15) is 36.0 Å². The Bertz CT molecular complexity index is 642. The Morgan fingerprint density at radius 2 is 2.05 bits per heavy atom. The molecule has 3 nitrogen and oxygen atoms in total. The second-order valence-corrected chi connectivity index (χ2v) is 5.38. The molecule has 0 aliphatic carbocycles. The van der Waals surface area contributed by atoms with E-state index in [-0.39, 0.29) is 11.9 Å². The third-order valence-corrected chi connectivity index (χ3v) is 3.87. The van der Waals surface area contributed by atoms with E-state index in [1.54, 1.807) is 12.2 Å². The van der Waals surface area contributed by atoms with Crippen molar-refractivity contribution >= 4 is 12.0 Å². The molecular formula is C18H19NO2. The van der Waals surface area contributed by atoms with Crippen molar-refractivity contribution in [3.8, 4) is 0 Å².